The maximum Gasteiger partial charge on any atom is 0.240 e. The molecule has 3 rings (SSSR count). The average molecular weight is 383 g/mol. The van der Waals surface area contributed by atoms with E-state index in [4.69, 9.17) is 0 Å². The lowest BCUT2D eigenvalue weighted by molar-refractivity contribution is -0.121. The molecule has 1 amide bonds. The van der Waals surface area contributed by atoms with E-state index in [1.54, 1.807) is 30.5 Å². The lowest BCUT2D eigenvalue weighted by Gasteiger charge is -2.13. The van der Waals surface area contributed by atoms with Crippen LogP contribution in [-0.2, 0) is 14.8 Å². The van der Waals surface area contributed by atoms with Crippen LogP contribution in [-0.4, -0.2) is 25.9 Å². The first-order chi connectivity index (χ1) is 13.0. The average Bonchev–Trinajstić information content (AvgIpc) is 2.68. The fourth-order valence-corrected chi connectivity index (χ4v) is 3.80. The summed E-state index contributed by atoms with van der Waals surface area (Å²) in [4.78, 5) is 16.4. The molecule has 140 valence electrons. The van der Waals surface area contributed by atoms with Crippen molar-refractivity contribution in [2.24, 2.45) is 0 Å². The first-order valence-corrected chi connectivity index (χ1v) is 10.1. The predicted octanol–water partition coefficient (Wildman–Crippen LogP) is 2.78. The molecule has 0 spiro atoms. The van der Waals surface area contributed by atoms with Gasteiger partial charge in [0.2, 0.25) is 15.9 Å². The summed E-state index contributed by atoms with van der Waals surface area (Å²) in [5, 5.41) is 4.63. The van der Waals surface area contributed by atoms with Crippen molar-refractivity contribution in [2.75, 3.05) is 6.54 Å². The smallest absolute Gasteiger partial charge is 0.240 e. The molecule has 7 heteroatoms. The summed E-state index contributed by atoms with van der Waals surface area (Å²) in [6, 6.07) is 17.7. The highest BCUT2D eigenvalue weighted by atomic mass is 32.2. The number of carbonyl (C=O) groups excluding carboxylic acids is 1. The number of rotatable bonds is 7. The Morgan fingerprint density at radius 1 is 1.04 bits per heavy atom. The van der Waals surface area contributed by atoms with Gasteiger partial charge in [-0.05, 0) is 42.0 Å². The molecule has 0 fully saturated rings. The van der Waals surface area contributed by atoms with Crippen molar-refractivity contribution in [1.82, 2.24) is 15.0 Å². The van der Waals surface area contributed by atoms with Crippen molar-refractivity contribution in [3.63, 3.8) is 0 Å². The van der Waals surface area contributed by atoms with Crippen LogP contribution in [0.5, 0.6) is 0 Å². The number of amides is 1. The molecule has 6 nitrogen and oxygen atoms in total. The Kier molecular flexibility index (Phi) is 5.83. The van der Waals surface area contributed by atoms with Crippen LogP contribution in [0.2, 0.25) is 0 Å². The maximum absolute atomic E-state index is 12.4. The van der Waals surface area contributed by atoms with Crippen LogP contribution in [0.4, 0.5) is 0 Å². The minimum atomic E-state index is -3.67. The summed E-state index contributed by atoms with van der Waals surface area (Å²) in [5.74, 6) is -0.241. The molecule has 2 N–H and O–H groups in total. The van der Waals surface area contributed by atoms with Crippen molar-refractivity contribution in [3.8, 4) is 0 Å². The number of benzene rings is 2. The Labute approximate surface area is 158 Å². The van der Waals surface area contributed by atoms with Crippen LogP contribution in [0.1, 0.15) is 25.1 Å². The van der Waals surface area contributed by atoms with Crippen LogP contribution in [0.15, 0.2) is 71.8 Å². The molecular weight excluding hydrogens is 362 g/mol. The number of carbonyl (C=O) groups is 1. The standard InChI is InChI=1S/C20H21N3O3S/c1-15(19-8-4-5-12-21-19)23-20(24)11-13-22-27(25,26)18-10-9-16-6-2-3-7-17(16)14-18/h2-10,12,14-15,22H,11,13H2,1H3,(H,23,24)/t15-/m0/s1. The van der Waals surface area contributed by atoms with Gasteiger partial charge in [-0.3, -0.25) is 9.78 Å². The molecular formula is C20H21N3O3S. The van der Waals surface area contributed by atoms with Crippen LogP contribution in [0.25, 0.3) is 10.8 Å². The second-order valence-electron chi connectivity index (χ2n) is 6.20. The number of nitrogens with one attached hydrogen (secondary N) is 2. The third kappa shape index (κ3) is 4.90. The summed E-state index contributed by atoms with van der Waals surface area (Å²) in [5.41, 5.74) is 0.752. The van der Waals surface area contributed by atoms with Crippen LogP contribution in [0.3, 0.4) is 0 Å². The first kappa shape index (κ1) is 19.0. The molecule has 0 aliphatic rings. The summed E-state index contributed by atoms with van der Waals surface area (Å²) < 4.78 is 27.4. The summed E-state index contributed by atoms with van der Waals surface area (Å²) in [6.45, 7) is 1.86. The highest BCUT2D eigenvalue weighted by Crippen LogP contribution is 2.18. The zero-order valence-electron chi connectivity index (χ0n) is 14.9. The van der Waals surface area contributed by atoms with Gasteiger partial charge < -0.3 is 5.32 Å². The molecule has 1 heterocycles. The maximum atomic E-state index is 12.4. The second-order valence-corrected chi connectivity index (χ2v) is 7.97. The van der Waals surface area contributed by atoms with Gasteiger partial charge in [0, 0.05) is 19.2 Å². The number of nitrogens with zero attached hydrogens (tertiary/aromatic N) is 1. The first-order valence-electron chi connectivity index (χ1n) is 8.64. The van der Waals surface area contributed by atoms with Crippen molar-refractivity contribution >= 4 is 26.7 Å². The molecule has 0 saturated carbocycles. The third-order valence-corrected chi connectivity index (χ3v) is 5.64. The minimum Gasteiger partial charge on any atom is -0.348 e. The van der Waals surface area contributed by atoms with Crippen LogP contribution < -0.4 is 10.0 Å². The minimum absolute atomic E-state index is 0.0237. The van der Waals surface area contributed by atoms with Crippen molar-refractivity contribution in [2.45, 2.75) is 24.3 Å². The van der Waals surface area contributed by atoms with E-state index in [1.807, 2.05) is 43.3 Å². The molecule has 0 unspecified atom stereocenters. The molecule has 0 aliphatic carbocycles. The normalized spacial score (nSPS) is 12.6. The molecule has 0 saturated heterocycles. The number of hydrogen-bond donors (Lipinski definition) is 2. The zero-order valence-corrected chi connectivity index (χ0v) is 15.7. The van der Waals surface area contributed by atoms with Gasteiger partial charge in [0.05, 0.1) is 16.6 Å². The van der Waals surface area contributed by atoms with E-state index in [0.29, 0.717) is 0 Å². The van der Waals surface area contributed by atoms with Gasteiger partial charge in [0.1, 0.15) is 0 Å². The Morgan fingerprint density at radius 2 is 1.78 bits per heavy atom. The number of fused-ring (bicyclic) bond motifs is 1. The van der Waals surface area contributed by atoms with E-state index in [1.165, 1.54) is 0 Å². The van der Waals surface area contributed by atoms with Crippen molar-refractivity contribution in [3.05, 3.63) is 72.6 Å². The fraction of sp³-hybridized carbons (Fsp3) is 0.200. The topological polar surface area (TPSA) is 88.2 Å². The zero-order chi connectivity index (χ0) is 19.3. The van der Waals surface area contributed by atoms with Crippen molar-refractivity contribution in [1.29, 1.82) is 0 Å². The number of hydrogen-bond acceptors (Lipinski definition) is 4. The number of pyridine rings is 1. The van der Waals surface area contributed by atoms with E-state index in [2.05, 4.69) is 15.0 Å². The largest absolute Gasteiger partial charge is 0.348 e. The van der Waals surface area contributed by atoms with E-state index in [0.717, 1.165) is 16.5 Å². The van der Waals surface area contributed by atoms with Crippen LogP contribution >= 0.6 is 0 Å². The third-order valence-electron chi connectivity index (χ3n) is 4.18. The molecule has 3 aromatic rings. The molecule has 2 aromatic carbocycles. The summed E-state index contributed by atoms with van der Waals surface area (Å²) in [6.07, 6.45) is 1.71. The van der Waals surface area contributed by atoms with E-state index in [9.17, 15) is 13.2 Å². The number of sulfonamides is 1. The van der Waals surface area contributed by atoms with Gasteiger partial charge in [0.15, 0.2) is 0 Å². The van der Waals surface area contributed by atoms with Gasteiger partial charge in [-0.25, -0.2) is 13.1 Å². The monoisotopic (exact) mass is 383 g/mol. The Balaban J connectivity index is 1.56. The Bertz CT molecular complexity index is 1040. The van der Waals surface area contributed by atoms with Gasteiger partial charge in [-0.1, -0.05) is 36.4 Å². The van der Waals surface area contributed by atoms with Gasteiger partial charge in [-0.2, -0.15) is 0 Å². The predicted molar refractivity (Wildman–Crippen MR) is 105 cm³/mol. The van der Waals surface area contributed by atoms with Gasteiger partial charge in [-0.15, -0.1) is 0 Å². The summed E-state index contributed by atoms with van der Waals surface area (Å²) in [7, 11) is -3.67. The SMILES string of the molecule is C[C@H](NC(=O)CCNS(=O)(=O)c1ccc2ccccc2c1)c1ccccn1. The van der Waals surface area contributed by atoms with Crippen LogP contribution in [0, 0.1) is 0 Å². The molecule has 1 atom stereocenters. The second kappa shape index (κ2) is 8.28. The molecule has 0 aliphatic heterocycles. The molecule has 27 heavy (non-hydrogen) atoms. The molecule has 0 radical (unpaired) electrons. The molecule has 1 aromatic heterocycles. The fourth-order valence-electron chi connectivity index (χ4n) is 2.74. The number of aromatic nitrogens is 1. The Hall–Kier alpha value is -2.77. The quantitative estimate of drug-likeness (QED) is 0.657. The van der Waals surface area contributed by atoms with Gasteiger partial charge in [0.25, 0.3) is 0 Å². The lowest BCUT2D eigenvalue weighted by Crippen LogP contribution is -2.32. The van der Waals surface area contributed by atoms with Gasteiger partial charge >= 0.3 is 0 Å². The summed E-state index contributed by atoms with van der Waals surface area (Å²) >= 11 is 0. The Morgan fingerprint density at radius 3 is 2.52 bits per heavy atom. The van der Waals surface area contributed by atoms with Crippen molar-refractivity contribution < 1.29 is 13.2 Å². The van der Waals surface area contributed by atoms with E-state index in [-0.39, 0.29) is 29.8 Å². The highest BCUT2D eigenvalue weighted by Gasteiger charge is 2.15. The highest BCUT2D eigenvalue weighted by molar-refractivity contribution is 7.89. The lowest BCUT2D eigenvalue weighted by atomic mass is 10.1. The van der Waals surface area contributed by atoms with E-state index >= 15 is 0 Å². The molecule has 0 bridgehead atoms. The van der Waals surface area contributed by atoms with E-state index < -0.39 is 10.0 Å².